The third-order valence-corrected chi connectivity index (χ3v) is 5.20. The van der Waals surface area contributed by atoms with Crippen molar-refractivity contribution < 1.29 is 28.2 Å². The van der Waals surface area contributed by atoms with E-state index in [9.17, 15) is 18.3 Å². The number of sulfonamides is 1. The van der Waals surface area contributed by atoms with E-state index < -0.39 is 28.6 Å². The van der Waals surface area contributed by atoms with Gasteiger partial charge in [0.15, 0.2) is 0 Å². The van der Waals surface area contributed by atoms with Crippen LogP contribution in [0.4, 0.5) is 5.69 Å². The Morgan fingerprint density at radius 3 is 2.81 bits per heavy atom. The van der Waals surface area contributed by atoms with Crippen molar-refractivity contribution in [2.75, 3.05) is 32.1 Å². The Morgan fingerprint density at radius 1 is 1.48 bits per heavy atom. The van der Waals surface area contributed by atoms with Crippen molar-refractivity contribution in [2.45, 2.75) is 10.9 Å². The van der Waals surface area contributed by atoms with Gasteiger partial charge >= 0.3 is 5.97 Å². The number of aromatic carboxylic acids is 1. The Morgan fingerprint density at radius 2 is 2.19 bits per heavy atom. The number of carbonyl (C=O) groups is 1. The number of anilines is 1. The summed E-state index contributed by atoms with van der Waals surface area (Å²) in [6, 6.07) is 2.85. The zero-order chi connectivity index (χ0) is 15.6. The first-order valence-corrected chi connectivity index (χ1v) is 7.65. The number of aliphatic hydroxyl groups is 1. The molecule has 4 N–H and O–H groups in total. The molecule has 1 heterocycles. The molecule has 8 nitrogen and oxygen atoms in total. The average molecular weight is 316 g/mol. The van der Waals surface area contributed by atoms with Crippen molar-refractivity contribution in [1.29, 1.82) is 0 Å². The molecule has 1 aromatic rings. The fraction of sp³-hybridized carbons (Fsp3) is 0.417. The van der Waals surface area contributed by atoms with Gasteiger partial charge in [0.05, 0.1) is 36.3 Å². The van der Waals surface area contributed by atoms with E-state index in [4.69, 9.17) is 15.6 Å². The van der Waals surface area contributed by atoms with E-state index in [0.717, 1.165) is 16.4 Å². The number of morpholine rings is 1. The molecule has 0 amide bonds. The number of hydrogen-bond donors (Lipinski definition) is 3. The number of benzene rings is 1. The predicted octanol–water partition coefficient (Wildman–Crippen LogP) is -0.651. The minimum Gasteiger partial charge on any atom is -0.478 e. The van der Waals surface area contributed by atoms with Crippen LogP contribution in [-0.4, -0.2) is 61.3 Å². The summed E-state index contributed by atoms with van der Waals surface area (Å²) in [5.74, 6) is -1.36. The van der Waals surface area contributed by atoms with Crippen molar-refractivity contribution in [2.24, 2.45) is 0 Å². The van der Waals surface area contributed by atoms with Gasteiger partial charge in [0.2, 0.25) is 10.0 Å². The summed E-state index contributed by atoms with van der Waals surface area (Å²) in [5, 5.41) is 18.4. The fourth-order valence-corrected chi connectivity index (χ4v) is 3.96. The van der Waals surface area contributed by atoms with Crippen LogP contribution < -0.4 is 5.73 Å². The number of hydrogen-bond acceptors (Lipinski definition) is 6. The molecule has 21 heavy (non-hydrogen) atoms. The Kier molecular flexibility index (Phi) is 4.47. The van der Waals surface area contributed by atoms with Crippen LogP contribution in [0.15, 0.2) is 23.1 Å². The fourth-order valence-electron chi connectivity index (χ4n) is 2.16. The van der Waals surface area contributed by atoms with Crippen LogP contribution in [0.25, 0.3) is 0 Å². The van der Waals surface area contributed by atoms with Crippen LogP contribution >= 0.6 is 0 Å². The molecule has 0 aromatic heterocycles. The molecule has 0 radical (unpaired) electrons. The monoisotopic (exact) mass is 316 g/mol. The molecule has 1 aliphatic rings. The van der Waals surface area contributed by atoms with Crippen LogP contribution in [0.5, 0.6) is 0 Å². The maximum absolute atomic E-state index is 12.7. The number of nitrogen functional groups attached to an aromatic ring is 1. The zero-order valence-electron chi connectivity index (χ0n) is 11.1. The molecule has 9 heteroatoms. The summed E-state index contributed by atoms with van der Waals surface area (Å²) in [4.78, 5) is 10.8. The third-order valence-electron chi connectivity index (χ3n) is 3.21. The number of nitrogens with zero attached hydrogens (tertiary/aromatic N) is 1. The number of ether oxygens (including phenoxy) is 1. The molecule has 0 aliphatic carbocycles. The van der Waals surface area contributed by atoms with Crippen molar-refractivity contribution in [3.8, 4) is 0 Å². The zero-order valence-corrected chi connectivity index (χ0v) is 11.9. The Balaban J connectivity index is 2.53. The molecule has 1 atom stereocenters. The van der Waals surface area contributed by atoms with Gasteiger partial charge in [0.1, 0.15) is 0 Å². The van der Waals surface area contributed by atoms with Crippen molar-refractivity contribution in [3.63, 3.8) is 0 Å². The second-order valence-electron chi connectivity index (χ2n) is 4.59. The van der Waals surface area contributed by atoms with E-state index in [1.807, 2.05) is 0 Å². The van der Waals surface area contributed by atoms with E-state index in [0.29, 0.717) is 0 Å². The summed E-state index contributed by atoms with van der Waals surface area (Å²) in [6.07, 6.45) is 0. The summed E-state index contributed by atoms with van der Waals surface area (Å²) < 4.78 is 31.5. The maximum atomic E-state index is 12.7. The lowest BCUT2D eigenvalue weighted by atomic mass is 10.2. The summed E-state index contributed by atoms with van der Waals surface area (Å²) in [6.45, 7) is -0.133. The number of carboxylic acids is 1. The second kappa shape index (κ2) is 5.98. The Labute approximate surface area is 121 Å². The first-order chi connectivity index (χ1) is 9.87. The van der Waals surface area contributed by atoms with Gasteiger partial charge in [-0.3, -0.25) is 0 Å². The normalized spacial score (nSPS) is 20.3. The van der Waals surface area contributed by atoms with E-state index >= 15 is 0 Å². The van der Waals surface area contributed by atoms with Crippen molar-refractivity contribution in [3.05, 3.63) is 23.8 Å². The third kappa shape index (κ3) is 3.00. The molecular formula is C12H16N2O6S. The van der Waals surface area contributed by atoms with Crippen LogP contribution in [-0.2, 0) is 14.8 Å². The minimum absolute atomic E-state index is 0.0431. The number of carboxylic acid groups (broad SMARTS) is 1. The van der Waals surface area contributed by atoms with Gasteiger partial charge in [-0.25, -0.2) is 13.2 Å². The summed E-state index contributed by atoms with van der Waals surface area (Å²) >= 11 is 0. The van der Waals surface area contributed by atoms with E-state index in [1.54, 1.807) is 0 Å². The van der Waals surface area contributed by atoms with Crippen molar-refractivity contribution in [1.82, 2.24) is 4.31 Å². The molecule has 0 spiro atoms. The molecule has 0 saturated carbocycles. The van der Waals surface area contributed by atoms with Gasteiger partial charge in [-0.15, -0.1) is 0 Å². The van der Waals surface area contributed by atoms with Gasteiger partial charge in [-0.05, 0) is 18.2 Å². The number of nitrogens with two attached hydrogens (primary N) is 1. The number of rotatable bonds is 4. The van der Waals surface area contributed by atoms with Crippen molar-refractivity contribution >= 4 is 21.7 Å². The largest absolute Gasteiger partial charge is 0.478 e. The smallest absolute Gasteiger partial charge is 0.337 e. The van der Waals surface area contributed by atoms with E-state index in [1.165, 1.54) is 6.07 Å². The van der Waals surface area contributed by atoms with E-state index in [2.05, 4.69) is 0 Å². The lowest BCUT2D eigenvalue weighted by molar-refractivity contribution is 0.0109. The molecule has 1 unspecified atom stereocenters. The second-order valence-corrected chi connectivity index (χ2v) is 6.45. The summed E-state index contributed by atoms with van der Waals surface area (Å²) in [5.41, 5.74) is 5.36. The van der Waals surface area contributed by atoms with Crippen LogP contribution in [0.3, 0.4) is 0 Å². The van der Waals surface area contributed by atoms with Gasteiger partial charge in [-0.1, -0.05) is 0 Å². The molecule has 2 rings (SSSR count). The Bertz CT molecular complexity index is 645. The molecule has 116 valence electrons. The highest BCUT2D eigenvalue weighted by Gasteiger charge is 2.36. The minimum atomic E-state index is -4.09. The highest BCUT2D eigenvalue weighted by molar-refractivity contribution is 7.89. The average Bonchev–Trinajstić information content (AvgIpc) is 2.46. The molecule has 1 aliphatic heterocycles. The van der Waals surface area contributed by atoms with Gasteiger partial charge < -0.3 is 20.7 Å². The predicted molar refractivity (Wildman–Crippen MR) is 73.4 cm³/mol. The lowest BCUT2D eigenvalue weighted by Crippen LogP contribution is -2.50. The summed E-state index contributed by atoms with van der Waals surface area (Å²) in [7, 11) is -4.09. The van der Waals surface area contributed by atoms with Gasteiger partial charge in [0, 0.05) is 12.2 Å². The molecule has 0 bridgehead atoms. The van der Waals surface area contributed by atoms with Crippen LogP contribution in [0.1, 0.15) is 10.4 Å². The van der Waals surface area contributed by atoms with E-state index in [-0.39, 0.29) is 35.9 Å². The number of aliphatic hydroxyl groups excluding tert-OH is 1. The van der Waals surface area contributed by atoms with Gasteiger partial charge in [-0.2, -0.15) is 4.31 Å². The molecule has 1 saturated heterocycles. The quantitative estimate of drug-likeness (QED) is 0.629. The topological polar surface area (TPSA) is 130 Å². The highest BCUT2D eigenvalue weighted by atomic mass is 32.2. The first kappa shape index (κ1) is 15.7. The van der Waals surface area contributed by atoms with Crippen LogP contribution in [0, 0.1) is 0 Å². The molecule has 1 aromatic carbocycles. The first-order valence-electron chi connectivity index (χ1n) is 6.21. The SMILES string of the molecule is Nc1ccc(C(=O)O)c(S(=O)(=O)N2CCOCC2CO)c1. The maximum Gasteiger partial charge on any atom is 0.337 e. The standard InChI is InChI=1S/C12H16N2O6S/c13-8-1-2-10(12(16)17)11(5-8)21(18,19)14-3-4-20-7-9(14)6-15/h1-2,5,9,15H,3-4,6-7,13H2,(H,16,17). The van der Waals surface area contributed by atoms with Crippen LogP contribution in [0.2, 0.25) is 0 Å². The lowest BCUT2D eigenvalue weighted by Gasteiger charge is -2.33. The molecular weight excluding hydrogens is 300 g/mol. The molecule has 1 fully saturated rings. The van der Waals surface area contributed by atoms with Gasteiger partial charge in [0.25, 0.3) is 0 Å². The Hall–Kier alpha value is -1.68. The highest BCUT2D eigenvalue weighted by Crippen LogP contribution is 2.25.